The van der Waals surface area contributed by atoms with Crippen molar-refractivity contribution in [1.29, 1.82) is 0 Å². The van der Waals surface area contributed by atoms with Crippen LogP contribution in [0.15, 0.2) is 0 Å². The average Bonchev–Trinajstić information content (AvgIpc) is 2.33. The van der Waals surface area contributed by atoms with Crippen molar-refractivity contribution in [2.75, 3.05) is 26.2 Å². The first-order valence-corrected chi connectivity index (χ1v) is 6.50. The van der Waals surface area contributed by atoms with Gasteiger partial charge in [-0.3, -0.25) is 4.79 Å². The minimum Gasteiger partial charge on any atom is -0.333 e. The predicted octanol–water partition coefficient (Wildman–Crippen LogP) is 2.18. The lowest BCUT2D eigenvalue weighted by atomic mass is 9.96. The van der Waals surface area contributed by atoms with Gasteiger partial charge in [0.1, 0.15) is 6.54 Å². The molecule has 1 heterocycles. The van der Waals surface area contributed by atoms with Crippen molar-refractivity contribution in [3.05, 3.63) is 0 Å². The Morgan fingerprint density at radius 3 is 2.44 bits per heavy atom. The van der Waals surface area contributed by atoms with Crippen LogP contribution < -0.4 is 5.32 Å². The molecular weight excluding hydrogens is 245 g/mol. The fraction of sp³-hybridized carbons (Fsp3) is 0.917. The Labute approximate surface area is 106 Å². The van der Waals surface area contributed by atoms with Crippen LogP contribution in [0.5, 0.6) is 0 Å². The van der Waals surface area contributed by atoms with Gasteiger partial charge in [-0.05, 0) is 32.4 Å². The SMILES string of the molecule is CCCCN(CC(F)(F)F)C(=O)C1CCNCC1. The molecular formula is C12H21F3N2O. The van der Waals surface area contributed by atoms with Gasteiger partial charge < -0.3 is 10.2 Å². The summed E-state index contributed by atoms with van der Waals surface area (Å²) in [5.41, 5.74) is 0. The molecule has 1 amide bonds. The van der Waals surface area contributed by atoms with Crippen LogP contribution in [0.25, 0.3) is 0 Å². The molecule has 0 saturated carbocycles. The van der Waals surface area contributed by atoms with E-state index >= 15 is 0 Å². The molecule has 0 atom stereocenters. The van der Waals surface area contributed by atoms with Crippen LogP contribution in [-0.2, 0) is 4.79 Å². The second-order valence-corrected chi connectivity index (χ2v) is 4.75. The first-order chi connectivity index (χ1) is 8.44. The number of hydrogen-bond acceptors (Lipinski definition) is 2. The van der Waals surface area contributed by atoms with Gasteiger partial charge in [-0.15, -0.1) is 0 Å². The lowest BCUT2D eigenvalue weighted by Gasteiger charge is -2.30. The van der Waals surface area contributed by atoms with E-state index in [2.05, 4.69) is 5.32 Å². The Morgan fingerprint density at radius 2 is 1.94 bits per heavy atom. The Hall–Kier alpha value is -0.780. The number of carbonyl (C=O) groups excluding carboxylic acids is 1. The Kier molecular flexibility index (Phi) is 5.91. The molecule has 1 saturated heterocycles. The lowest BCUT2D eigenvalue weighted by Crippen LogP contribution is -2.45. The third kappa shape index (κ3) is 5.25. The molecule has 1 aliphatic heterocycles. The number of carbonyl (C=O) groups is 1. The Morgan fingerprint density at radius 1 is 1.33 bits per heavy atom. The first kappa shape index (κ1) is 15.3. The smallest absolute Gasteiger partial charge is 0.333 e. The zero-order valence-corrected chi connectivity index (χ0v) is 10.7. The van der Waals surface area contributed by atoms with Crippen molar-refractivity contribution in [2.45, 2.75) is 38.8 Å². The third-order valence-electron chi connectivity index (χ3n) is 3.15. The number of amides is 1. The second-order valence-electron chi connectivity index (χ2n) is 4.75. The van der Waals surface area contributed by atoms with Crippen molar-refractivity contribution in [3.63, 3.8) is 0 Å². The fourth-order valence-electron chi connectivity index (χ4n) is 2.16. The molecule has 0 aromatic rings. The number of halogens is 3. The molecule has 1 N–H and O–H groups in total. The van der Waals surface area contributed by atoms with Crippen molar-refractivity contribution in [2.24, 2.45) is 5.92 Å². The number of piperidine rings is 1. The van der Waals surface area contributed by atoms with Crippen LogP contribution in [0.2, 0.25) is 0 Å². The summed E-state index contributed by atoms with van der Waals surface area (Å²) in [6, 6.07) is 0. The molecule has 18 heavy (non-hydrogen) atoms. The molecule has 106 valence electrons. The number of rotatable bonds is 5. The van der Waals surface area contributed by atoms with Gasteiger partial charge in [0.25, 0.3) is 0 Å². The van der Waals surface area contributed by atoms with E-state index in [0.717, 1.165) is 11.3 Å². The number of unbranched alkanes of at least 4 members (excludes halogenated alkanes) is 1. The minimum atomic E-state index is -4.31. The van der Waals surface area contributed by atoms with Crippen LogP contribution in [0.4, 0.5) is 13.2 Å². The average molecular weight is 266 g/mol. The van der Waals surface area contributed by atoms with E-state index in [-0.39, 0.29) is 18.4 Å². The third-order valence-corrected chi connectivity index (χ3v) is 3.15. The summed E-state index contributed by atoms with van der Waals surface area (Å²) >= 11 is 0. The largest absolute Gasteiger partial charge is 0.406 e. The van der Waals surface area contributed by atoms with E-state index in [0.29, 0.717) is 32.4 Å². The summed E-state index contributed by atoms with van der Waals surface area (Å²) in [7, 11) is 0. The molecule has 3 nitrogen and oxygen atoms in total. The Bertz CT molecular complexity index is 263. The highest BCUT2D eigenvalue weighted by Gasteiger charge is 2.35. The van der Waals surface area contributed by atoms with E-state index in [1.807, 2.05) is 6.92 Å². The second kappa shape index (κ2) is 6.97. The van der Waals surface area contributed by atoms with Gasteiger partial charge in [-0.1, -0.05) is 13.3 Å². The zero-order valence-electron chi connectivity index (χ0n) is 10.7. The molecule has 6 heteroatoms. The van der Waals surface area contributed by atoms with E-state index < -0.39 is 12.7 Å². The Balaban J connectivity index is 2.59. The van der Waals surface area contributed by atoms with Gasteiger partial charge in [0.2, 0.25) is 5.91 Å². The fourth-order valence-corrected chi connectivity index (χ4v) is 2.16. The van der Waals surface area contributed by atoms with Crippen LogP contribution in [-0.4, -0.2) is 43.2 Å². The van der Waals surface area contributed by atoms with Gasteiger partial charge in [0, 0.05) is 12.5 Å². The molecule has 1 aliphatic rings. The molecule has 1 rings (SSSR count). The van der Waals surface area contributed by atoms with Crippen molar-refractivity contribution in [3.8, 4) is 0 Å². The summed E-state index contributed by atoms with van der Waals surface area (Å²) < 4.78 is 37.4. The monoisotopic (exact) mass is 266 g/mol. The summed E-state index contributed by atoms with van der Waals surface area (Å²) in [6.07, 6.45) is -1.63. The molecule has 1 fully saturated rings. The van der Waals surface area contributed by atoms with Gasteiger partial charge in [0.05, 0.1) is 0 Å². The maximum absolute atomic E-state index is 12.5. The highest BCUT2D eigenvalue weighted by molar-refractivity contribution is 5.79. The molecule has 0 unspecified atom stereocenters. The molecule has 0 spiro atoms. The van der Waals surface area contributed by atoms with E-state index in [4.69, 9.17) is 0 Å². The van der Waals surface area contributed by atoms with Gasteiger partial charge >= 0.3 is 6.18 Å². The van der Waals surface area contributed by atoms with Crippen LogP contribution in [0.1, 0.15) is 32.6 Å². The molecule has 0 aromatic carbocycles. The zero-order chi connectivity index (χ0) is 13.6. The molecule has 0 radical (unpaired) electrons. The summed E-state index contributed by atoms with van der Waals surface area (Å²) in [4.78, 5) is 13.1. The summed E-state index contributed by atoms with van der Waals surface area (Å²) in [5.74, 6) is -0.576. The lowest BCUT2D eigenvalue weighted by molar-refractivity contribution is -0.164. The van der Waals surface area contributed by atoms with Crippen molar-refractivity contribution >= 4 is 5.91 Å². The topological polar surface area (TPSA) is 32.3 Å². The van der Waals surface area contributed by atoms with E-state index in [1.165, 1.54) is 0 Å². The van der Waals surface area contributed by atoms with Crippen LogP contribution in [0, 0.1) is 5.92 Å². The van der Waals surface area contributed by atoms with E-state index in [9.17, 15) is 18.0 Å². The molecule has 0 aliphatic carbocycles. The van der Waals surface area contributed by atoms with Crippen LogP contribution in [0.3, 0.4) is 0 Å². The summed E-state index contributed by atoms with van der Waals surface area (Å²) in [5, 5.41) is 3.11. The highest BCUT2D eigenvalue weighted by Crippen LogP contribution is 2.21. The molecule has 0 aromatic heterocycles. The van der Waals surface area contributed by atoms with Crippen molar-refractivity contribution in [1.82, 2.24) is 10.2 Å². The maximum atomic E-state index is 12.5. The number of nitrogens with one attached hydrogen (secondary N) is 1. The van der Waals surface area contributed by atoms with E-state index in [1.54, 1.807) is 0 Å². The molecule has 0 bridgehead atoms. The van der Waals surface area contributed by atoms with Crippen LogP contribution >= 0.6 is 0 Å². The number of nitrogens with zero attached hydrogens (tertiary/aromatic N) is 1. The predicted molar refractivity (Wildman–Crippen MR) is 63.1 cm³/mol. The maximum Gasteiger partial charge on any atom is 0.406 e. The normalized spacial score (nSPS) is 17.8. The van der Waals surface area contributed by atoms with Crippen molar-refractivity contribution < 1.29 is 18.0 Å². The summed E-state index contributed by atoms with van der Waals surface area (Å²) in [6.45, 7) is 2.42. The number of hydrogen-bond donors (Lipinski definition) is 1. The highest BCUT2D eigenvalue weighted by atomic mass is 19.4. The first-order valence-electron chi connectivity index (χ1n) is 6.50. The standard InChI is InChI=1S/C12H21F3N2O/c1-2-3-8-17(9-12(13,14)15)11(18)10-4-6-16-7-5-10/h10,16H,2-9H2,1H3. The van der Waals surface area contributed by atoms with Gasteiger partial charge in [-0.2, -0.15) is 13.2 Å². The van der Waals surface area contributed by atoms with Gasteiger partial charge in [0.15, 0.2) is 0 Å². The minimum absolute atomic E-state index is 0.207. The quantitative estimate of drug-likeness (QED) is 0.827. The van der Waals surface area contributed by atoms with Gasteiger partial charge in [-0.25, -0.2) is 0 Å². The number of alkyl halides is 3.